The summed E-state index contributed by atoms with van der Waals surface area (Å²) in [6, 6.07) is 3.50. The van der Waals surface area contributed by atoms with Crippen LogP contribution in [0.25, 0.3) is 32.5 Å². The summed E-state index contributed by atoms with van der Waals surface area (Å²) in [7, 11) is 0. The highest BCUT2D eigenvalue weighted by Crippen LogP contribution is 2.41. The number of alkyl halides is 1. The van der Waals surface area contributed by atoms with Crippen molar-refractivity contribution < 1.29 is 23.1 Å². The lowest BCUT2D eigenvalue weighted by Crippen LogP contribution is -2.14. The maximum absolute atomic E-state index is 15.7. The van der Waals surface area contributed by atoms with E-state index >= 15 is 4.39 Å². The van der Waals surface area contributed by atoms with E-state index in [0.29, 0.717) is 54.5 Å². The van der Waals surface area contributed by atoms with Gasteiger partial charge in [0.25, 0.3) is 0 Å². The second kappa shape index (κ2) is 9.50. The topological polar surface area (TPSA) is 110 Å². The van der Waals surface area contributed by atoms with Crippen LogP contribution in [0, 0.1) is 11.7 Å². The number of ether oxygens (including phenoxy) is 1. The van der Waals surface area contributed by atoms with Crippen LogP contribution in [-0.2, 0) is 20.7 Å². The summed E-state index contributed by atoms with van der Waals surface area (Å²) in [5.41, 5.74) is 2.65. The van der Waals surface area contributed by atoms with Crippen LogP contribution < -0.4 is 5.32 Å². The predicted octanol–water partition coefficient (Wildman–Crippen LogP) is 4.89. The van der Waals surface area contributed by atoms with Gasteiger partial charge in [-0.25, -0.2) is 18.7 Å². The summed E-state index contributed by atoms with van der Waals surface area (Å²) in [4.78, 5) is 33.8. The highest BCUT2D eigenvalue weighted by atomic mass is 32.2. The number of hydrogen-bond donors (Lipinski definition) is 2. The Morgan fingerprint density at radius 3 is 2.83 bits per heavy atom. The Labute approximate surface area is 206 Å². The molecule has 2 atom stereocenters. The second-order valence-corrected chi connectivity index (χ2v) is 9.95. The summed E-state index contributed by atoms with van der Waals surface area (Å²) in [6.45, 7) is 3.83. The molecule has 2 N–H and O–H groups in total. The van der Waals surface area contributed by atoms with Crippen molar-refractivity contribution in [2.75, 3.05) is 17.7 Å². The van der Waals surface area contributed by atoms with Crippen molar-refractivity contribution in [2.45, 2.75) is 37.8 Å². The number of rotatable bonds is 8. The van der Waals surface area contributed by atoms with Gasteiger partial charge in [-0.1, -0.05) is 18.3 Å². The number of anilines is 1. The quantitative estimate of drug-likeness (QED) is 0.253. The van der Waals surface area contributed by atoms with E-state index in [-0.39, 0.29) is 24.7 Å². The first kappa shape index (κ1) is 23.6. The van der Waals surface area contributed by atoms with Crippen molar-refractivity contribution in [3.8, 4) is 11.3 Å². The lowest BCUT2D eigenvalue weighted by molar-refractivity contribution is -0.139. The van der Waals surface area contributed by atoms with E-state index < -0.39 is 23.9 Å². The van der Waals surface area contributed by atoms with Crippen LogP contribution in [0.2, 0.25) is 0 Å². The monoisotopic (exact) mass is 517 g/mol. The van der Waals surface area contributed by atoms with Gasteiger partial charge in [0.2, 0.25) is 5.91 Å². The molecule has 0 saturated heterocycles. The highest BCUT2D eigenvalue weighted by Gasteiger charge is 2.43. The standard InChI is InChI=1S/C23H21F2N5O3S2/c1-3-10-17(12-8-26-30-19(12)20(18(10)25)34-9-16(31)33-4-2)14-5-6-15-22(27-14)35-23(28-15)29-21(32)11-7-13(11)24/h5-6,8,11,13H,3-4,7,9H2,1-2H3,(H,26,30)(H,28,29,32)/t11-,13+/m1/s1. The predicted molar refractivity (Wildman–Crippen MR) is 131 cm³/mol. The number of amides is 1. The molecule has 1 aromatic carbocycles. The Balaban J connectivity index is 1.53. The van der Waals surface area contributed by atoms with Gasteiger partial charge >= 0.3 is 5.97 Å². The maximum atomic E-state index is 15.7. The average Bonchev–Trinajstić information content (AvgIpc) is 3.19. The molecule has 0 aliphatic heterocycles. The fourth-order valence-electron chi connectivity index (χ4n) is 3.90. The Morgan fingerprint density at radius 2 is 2.11 bits per heavy atom. The van der Waals surface area contributed by atoms with Gasteiger partial charge in [-0.2, -0.15) is 5.10 Å². The van der Waals surface area contributed by atoms with Gasteiger partial charge in [-0.05, 0) is 37.5 Å². The Morgan fingerprint density at radius 1 is 1.31 bits per heavy atom. The molecule has 1 fully saturated rings. The lowest BCUT2D eigenvalue weighted by atomic mass is 9.97. The first-order valence-corrected chi connectivity index (χ1v) is 12.9. The lowest BCUT2D eigenvalue weighted by Gasteiger charge is -2.14. The number of halogens is 2. The number of nitrogens with one attached hydrogen (secondary N) is 2. The van der Waals surface area contributed by atoms with Crippen molar-refractivity contribution in [3.63, 3.8) is 0 Å². The number of carbonyl (C=O) groups excluding carboxylic acids is 2. The van der Waals surface area contributed by atoms with Crippen LogP contribution in [0.5, 0.6) is 0 Å². The summed E-state index contributed by atoms with van der Waals surface area (Å²) < 4.78 is 33.8. The number of thioether (sulfide) groups is 1. The molecule has 0 spiro atoms. The van der Waals surface area contributed by atoms with E-state index in [1.165, 1.54) is 11.3 Å². The van der Waals surface area contributed by atoms with Crippen molar-refractivity contribution in [1.82, 2.24) is 20.2 Å². The van der Waals surface area contributed by atoms with Crippen molar-refractivity contribution in [2.24, 2.45) is 5.92 Å². The molecular weight excluding hydrogens is 496 g/mol. The number of fused-ring (bicyclic) bond motifs is 2. The molecule has 1 amide bonds. The first-order chi connectivity index (χ1) is 16.9. The number of esters is 1. The van der Waals surface area contributed by atoms with Gasteiger partial charge < -0.3 is 10.1 Å². The number of thiazole rings is 1. The van der Waals surface area contributed by atoms with Crippen molar-refractivity contribution in [3.05, 3.63) is 29.7 Å². The molecule has 1 aliphatic rings. The SMILES string of the molecule is CCOC(=O)CSc1c(F)c(CC)c(-c2ccc3nc(NC(=O)[C@@H]4C[C@@H]4F)sc3n2)c2cn[nH]c12. The number of hydrogen-bond acceptors (Lipinski definition) is 8. The molecule has 8 nitrogen and oxygen atoms in total. The van der Waals surface area contributed by atoms with E-state index in [2.05, 4.69) is 20.5 Å². The average molecular weight is 518 g/mol. The smallest absolute Gasteiger partial charge is 0.316 e. The minimum atomic E-state index is -1.09. The van der Waals surface area contributed by atoms with Crippen LogP contribution in [0.1, 0.15) is 25.8 Å². The molecule has 4 aromatic rings. The second-order valence-electron chi connectivity index (χ2n) is 7.99. The fraction of sp³-hybridized carbons (Fsp3) is 0.348. The zero-order valence-electron chi connectivity index (χ0n) is 18.9. The van der Waals surface area contributed by atoms with Gasteiger partial charge in [-0.15, -0.1) is 11.8 Å². The zero-order valence-corrected chi connectivity index (χ0v) is 20.5. The van der Waals surface area contributed by atoms with Gasteiger partial charge in [0.15, 0.2) is 5.13 Å². The summed E-state index contributed by atoms with van der Waals surface area (Å²) in [5, 5.41) is 10.6. The third kappa shape index (κ3) is 4.47. The number of benzene rings is 1. The molecule has 0 bridgehead atoms. The number of aromatic nitrogens is 4. The molecular formula is C23H21F2N5O3S2. The maximum Gasteiger partial charge on any atom is 0.316 e. The largest absolute Gasteiger partial charge is 0.465 e. The molecule has 0 radical (unpaired) electrons. The third-order valence-electron chi connectivity index (χ3n) is 5.69. The molecule has 1 saturated carbocycles. The number of nitrogens with zero attached hydrogens (tertiary/aromatic N) is 3. The zero-order chi connectivity index (χ0) is 24.7. The Bertz CT molecular complexity index is 1450. The fourth-order valence-corrected chi connectivity index (χ4v) is 5.64. The van der Waals surface area contributed by atoms with Gasteiger partial charge in [0.1, 0.15) is 22.3 Å². The molecule has 3 heterocycles. The number of pyridine rings is 1. The number of aromatic amines is 1. The first-order valence-electron chi connectivity index (χ1n) is 11.1. The van der Waals surface area contributed by atoms with Crippen LogP contribution in [-0.4, -0.2) is 50.6 Å². The summed E-state index contributed by atoms with van der Waals surface area (Å²) in [6.07, 6.45) is 1.15. The van der Waals surface area contributed by atoms with E-state index in [9.17, 15) is 14.0 Å². The van der Waals surface area contributed by atoms with E-state index in [1.54, 1.807) is 25.3 Å². The number of H-pyrrole nitrogens is 1. The van der Waals surface area contributed by atoms with E-state index in [4.69, 9.17) is 9.72 Å². The minimum Gasteiger partial charge on any atom is -0.465 e. The Kier molecular flexibility index (Phi) is 6.41. The molecule has 0 unspecified atom stereocenters. The Hall–Kier alpha value is -3.12. The molecule has 35 heavy (non-hydrogen) atoms. The molecule has 182 valence electrons. The van der Waals surface area contributed by atoms with E-state index in [0.717, 1.165) is 11.8 Å². The minimum absolute atomic E-state index is 0.0229. The van der Waals surface area contributed by atoms with Crippen LogP contribution in [0.4, 0.5) is 13.9 Å². The van der Waals surface area contributed by atoms with Gasteiger partial charge in [0.05, 0.1) is 40.6 Å². The van der Waals surface area contributed by atoms with Crippen LogP contribution >= 0.6 is 23.1 Å². The van der Waals surface area contributed by atoms with Crippen LogP contribution in [0.15, 0.2) is 23.2 Å². The molecule has 12 heteroatoms. The molecule has 5 rings (SSSR count). The summed E-state index contributed by atoms with van der Waals surface area (Å²) >= 11 is 2.24. The van der Waals surface area contributed by atoms with E-state index in [1.807, 2.05) is 6.92 Å². The molecule has 3 aromatic heterocycles. The number of carbonyl (C=O) groups is 2. The van der Waals surface area contributed by atoms with Crippen molar-refractivity contribution >= 4 is 61.4 Å². The normalized spacial score (nSPS) is 17.1. The van der Waals surface area contributed by atoms with Gasteiger partial charge in [0, 0.05) is 10.9 Å². The summed E-state index contributed by atoms with van der Waals surface area (Å²) in [5.74, 6) is -1.88. The van der Waals surface area contributed by atoms with Gasteiger partial charge in [-0.3, -0.25) is 14.7 Å². The third-order valence-corrected chi connectivity index (χ3v) is 7.62. The van der Waals surface area contributed by atoms with Crippen LogP contribution in [0.3, 0.4) is 0 Å². The highest BCUT2D eigenvalue weighted by molar-refractivity contribution is 8.00. The molecule has 1 aliphatic carbocycles. The van der Waals surface area contributed by atoms with Crippen molar-refractivity contribution in [1.29, 1.82) is 0 Å².